The fourth-order valence-corrected chi connectivity index (χ4v) is 1.97. The number of amides is 1. The maximum absolute atomic E-state index is 12.0. The van der Waals surface area contributed by atoms with Crippen LogP contribution in [0.15, 0.2) is 24.3 Å². The minimum Gasteiger partial charge on any atom is -0.406 e. The molecule has 1 aromatic carbocycles. The first-order valence-electron chi connectivity index (χ1n) is 6.77. The summed E-state index contributed by atoms with van der Waals surface area (Å²) in [5.74, 6) is -0.431. The van der Waals surface area contributed by atoms with Gasteiger partial charge in [0, 0.05) is 20.0 Å². The molecule has 1 aromatic rings. The zero-order chi connectivity index (χ0) is 17.0. The highest BCUT2D eigenvalue weighted by molar-refractivity contribution is 5.76. The number of ether oxygens (including phenoxy) is 1. The van der Waals surface area contributed by atoms with E-state index in [-0.39, 0.29) is 24.6 Å². The average molecular weight is 319 g/mol. The number of nitrogens with zero attached hydrogens (tertiary/aromatic N) is 1. The lowest BCUT2D eigenvalue weighted by Crippen LogP contribution is -2.39. The molecule has 4 nitrogen and oxygen atoms in total. The first-order chi connectivity index (χ1) is 9.96. The van der Waals surface area contributed by atoms with Gasteiger partial charge in [-0.1, -0.05) is 12.1 Å². The Morgan fingerprint density at radius 1 is 1.23 bits per heavy atom. The second kappa shape index (κ2) is 7.00. The predicted octanol–water partition coefficient (Wildman–Crippen LogP) is 2.75. The number of rotatable bonds is 6. The third kappa shape index (κ3) is 7.31. The monoisotopic (exact) mass is 319 g/mol. The minimum absolute atomic E-state index is 0.141. The molecule has 0 aliphatic heterocycles. The number of carbonyl (C=O) groups excluding carboxylic acids is 1. The van der Waals surface area contributed by atoms with Crippen LogP contribution in [0.3, 0.4) is 0 Å². The van der Waals surface area contributed by atoms with Crippen LogP contribution in [0, 0.1) is 0 Å². The lowest BCUT2D eigenvalue weighted by Gasteiger charge is -2.25. The number of alkyl halides is 3. The van der Waals surface area contributed by atoms with Crippen LogP contribution >= 0.6 is 0 Å². The van der Waals surface area contributed by atoms with E-state index in [2.05, 4.69) is 4.74 Å². The van der Waals surface area contributed by atoms with E-state index >= 15 is 0 Å². The summed E-state index contributed by atoms with van der Waals surface area (Å²) < 4.78 is 39.9. The molecule has 0 bridgehead atoms. The molecule has 0 spiro atoms. The molecule has 0 aliphatic rings. The van der Waals surface area contributed by atoms with Crippen molar-refractivity contribution in [3.63, 3.8) is 0 Å². The van der Waals surface area contributed by atoms with Crippen LogP contribution in [0.25, 0.3) is 0 Å². The van der Waals surface area contributed by atoms with Gasteiger partial charge in [-0.25, -0.2) is 0 Å². The Morgan fingerprint density at radius 3 is 2.23 bits per heavy atom. The number of hydrogen-bond acceptors (Lipinski definition) is 3. The van der Waals surface area contributed by atoms with Gasteiger partial charge in [-0.05, 0) is 38.0 Å². The number of halogens is 3. The molecule has 0 atom stereocenters. The first kappa shape index (κ1) is 18.3. The number of carbonyl (C=O) groups is 1. The SMILES string of the molecule is CN(CC(C)(C)O)C(=O)CCc1ccc(OC(F)(F)F)cc1. The molecule has 0 heterocycles. The van der Waals surface area contributed by atoms with Gasteiger partial charge in [0.15, 0.2) is 0 Å². The molecule has 0 unspecified atom stereocenters. The summed E-state index contributed by atoms with van der Waals surface area (Å²) in [6.07, 6.45) is -4.09. The summed E-state index contributed by atoms with van der Waals surface area (Å²) >= 11 is 0. The predicted molar refractivity (Wildman–Crippen MR) is 75.4 cm³/mol. The molecule has 0 saturated heterocycles. The van der Waals surface area contributed by atoms with Crippen LogP contribution in [0.2, 0.25) is 0 Å². The van der Waals surface area contributed by atoms with Crippen LogP contribution in [-0.4, -0.2) is 41.5 Å². The third-order valence-electron chi connectivity index (χ3n) is 2.83. The van der Waals surface area contributed by atoms with E-state index in [1.807, 2.05) is 0 Å². The fourth-order valence-electron chi connectivity index (χ4n) is 1.97. The molecular weight excluding hydrogens is 299 g/mol. The minimum atomic E-state index is -4.71. The van der Waals surface area contributed by atoms with Crippen molar-refractivity contribution in [3.05, 3.63) is 29.8 Å². The summed E-state index contributed by atoms with van der Waals surface area (Å²) in [4.78, 5) is 13.3. The molecule has 1 N–H and O–H groups in total. The van der Waals surface area contributed by atoms with Crippen LogP contribution in [-0.2, 0) is 11.2 Å². The van der Waals surface area contributed by atoms with Gasteiger partial charge in [0.1, 0.15) is 5.75 Å². The summed E-state index contributed by atoms with van der Waals surface area (Å²) in [5, 5.41) is 9.65. The highest BCUT2D eigenvalue weighted by Crippen LogP contribution is 2.23. The van der Waals surface area contributed by atoms with Gasteiger partial charge in [0.2, 0.25) is 5.91 Å². The average Bonchev–Trinajstić information content (AvgIpc) is 2.33. The molecule has 0 saturated carbocycles. The normalized spacial score (nSPS) is 12.1. The lowest BCUT2D eigenvalue weighted by molar-refractivity contribution is -0.274. The van der Waals surface area contributed by atoms with Gasteiger partial charge >= 0.3 is 6.36 Å². The Bertz CT molecular complexity index is 492. The van der Waals surface area contributed by atoms with E-state index in [0.717, 1.165) is 5.56 Å². The maximum Gasteiger partial charge on any atom is 0.573 e. The zero-order valence-corrected chi connectivity index (χ0v) is 12.8. The summed E-state index contributed by atoms with van der Waals surface area (Å²) in [5.41, 5.74) is -0.236. The maximum atomic E-state index is 12.0. The van der Waals surface area contributed by atoms with E-state index in [9.17, 15) is 23.1 Å². The van der Waals surface area contributed by atoms with Crippen LogP contribution in [0.1, 0.15) is 25.8 Å². The molecule has 0 aliphatic carbocycles. The molecule has 0 fully saturated rings. The fraction of sp³-hybridized carbons (Fsp3) is 0.533. The molecule has 7 heteroatoms. The van der Waals surface area contributed by atoms with E-state index in [0.29, 0.717) is 6.42 Å². The highest BCUT2D eigenvalue weighted by atomic mass is 19.4. The van der Waals surface area contributed by atoms with Gasteiger partial charge in [-0.15, -0.1) is 13.2 Å². The third-order valence-corrected chi connectivity index (χ3v) is 2.83. The van der Waals surface area contributed by atoms with Crippen molar-refractivity contribution in [3.8, 4) is 5.75 Å². The van der Waals surface area contributed by atoms with Crippen molar-refractivity contribution in [1.82, 2.24) is 4.90 Å². The molecule has 0 radical (unpaired) electrons. The second-order valence-electron chi connectivity index (χ2n) is 5.75. The van der Waals surface area contributed by atoms with E-state index in [1.165, 1.54) is 29.2 Å². The number of likely N-dealkylation sites (N-methyl/N-ethyl adjacent to an activating group) is 1. The van der Waals surface area contributed by atoms with Gasteiger partial charge in [0.25, 0.3) is 0 Å². The van der Waals surface area contributed by atoms with Crippen molar-refractivity contribution >= 4 is 5.91 Å². The zero-order valence-electron chi connectivity index (χ0n) is 12.8. The quantitative estimate of drug-likeness (QED) is 0.877. The molecule has 22 heavy (non-hydrogen) atoms. The number of benzene rings is 1. The Labute approximate surface area is 127 Å². The van der Waals surface area contributed by atoms with E-state index in [1.54, 1.807) is 20.9 Å². The molecule has 0 aromatic heterocycles. The first-order valence-corrected chi connectivity index (χ1v) is 6.77. The number of aliphatic hydroxyl groups is 1. The second-order valence-corrected chi connectivity index (χ2v) is 5.75. The summed E-state index contributed by atoms with van der Waals surface area (Å²) in [6.45, 7) is 3.43. The largest absolute Gasteiger partial charge is 0.573 e. The van der Waals surface area contributed by atoms with Crippen LogP contribution in [0.4, 0.5) is 13.2 Å². The Morgan fingerprint density at radius 2 is 1.77 bits per heavy atom. The molecule has 1 amide bonds. The van der Waals surface area contributed by atoms with Gasteiger partial charge in [-0.2, -0.15) is 0 Å². The van der Waals surface area contributed by atoms with Gasteiger partial charge in [-0.3, -0.25) is 4.79 Å². The van der Waals surface area contributed by atoms with Crippen LogP contribution in [0.5, 0.6) is 5.75 Å². The molecule has 124 valence electrons. The van der Waals surface area contributed by atoms with Crippen LogP contribution < -0.4 is 4.74 Å². The van der Waals surface area contributed by atoms with Crippen molar-refractivity contribution < 1.29 is 27.8 Å². The van der Waals surface area contributed by atoms with E-state index in [4.69, 9.17) is 0 Å². The summed E-state index contributed by atoms with van der Waals surface area (Å²) in [6, 6.07) is 5.41. The topological polar surface area (TPSA) is 49.8 Å². The lowest BCUT2D eigenvalue weighted by atomic mass is 10.1. The van der Waals surface area contributed by atoms with Crippen molar-refractivity contribution in [2.75, 3.05) is 13.6 Å². The highest BCUT2D eigenvalue weighted by Gasteiger charge is 2.30. The van der Waals surface area contributed by atoms with Crippen molar-refractivity contribution in [1.29, 1.82) is 0 Å². The number of aryl methyl sites for hydroxylation is 1. The van der Waals surface area contributed by atoms with Gasteiger partial charge < -0.3 is 14.7 Å². The molecule has 1 rings (SSSR count). The van der Waals surface area contributed by atoms with E-state index < -0.39 is 12.0 Å². The van der Waals surface area contributed by atoms with Crippen molar-refractivity contribution in [2.24, 2.45) is 0 Å². The standard InChI is InChI=1S/C15H20F3NO3/c1-14(2,21)10-19(3)13(20)9-6-11-4-7-12(8-5-11)22-15(16,17)18/h4-5,7-8,21H,6,9-10H2,1-3H3. The van der Waals surface area contributed by atoms with Crippen molar-refractivity contribution in [2.45, 2.75) is 38.7 Å². The van der Waals surface area contributed by atoms with Gasteiger partial charge in [0.05, 0.1) is 5.60 Å². The number of hydrogen-bond donors (Lipinski definition) is 1. The Kier molecular flexibility index (Phi) is 5.82. The Balaban J connectivity index is 2.49. The Hall–Kier alpha value is -1.76. The summed E-state index contributed by atoms with van der Waals surface area (Å²) in [7, 11) is 1.60. The molecular formula is C15H20F3NO3. The smallest absolute Gasteiger partial charge is 0.406 e.